The molecule has 0 bridgehead atoms. The van der Waals surface area contributed by atoms with Gasteiger partial charge in [-0.15, -0.1) is 11.3 Å². The molecule has 0 saturated heterocycles. The predicted molar refractivity (Wildman–Crippen MR) is 66.8 cm³/mol. The summed E-state index contributed by atoms with van der Waals surface area (Å²) >= 11 is 1.34. The molecule has 0 fully saturated rings. The second kappa shape index (κ2) is 4.97. The van der Waals surface area contributed by atoms with E-state index < -0.39 is 0 Å². The van der Waals surface area contributed by atoms with Crippen LogP contribution in [-0.2, 0) is 11.3 Å². The van der Waals surface area contributed by atoms with Crippen molar-refractivity contribution in [3.05, 3.63) is 45.9 Å². The van der Waals surface area contributed by atoms with Crippen molar-refractivity contribution < 1.29 is 9.53 Å². The lowest BCUT2D eigenvalue weighted by Crippen LogP contribution is -2.03. The molecule has 2 rings (SSSR count). The number of carbonyl (C=O) groups excluding carboxylic acids is 1. The van der Waals surface area contributed by atoms with Crippen molar-refractivity contribution in [2.45, 2.75) is 13.5 Å². The fourth-order valence-corrected chi connectivity index (χ4v) is 2.14. The van der Waals surface area contributed by atoms with Gasteiger partial charge in [-0.25, -0.2) is 4.79 Å². The van der Waals surface area contributed by atoms with Gasteiger partial charge in [0.15, 0.2) is 0 Å². The Bertz CT molecular complexity index is 503. The number of rotatable bonds is 3. The molecule has 2 aromatic heterocycles. The topological polar surface area (TPSA) is 65.2 Å². The van der Waals surface area contributed by atoms with Crippen LogP contribution < -0.4 is 5.73 Å². The van der Waals surface area contributed by atoms with Crippen LogP contribution in [0, 0.1) is 6.92 Å². The van der Waals surface area contributed by atoms with Crippen LogP contribution in [0.2, 0.25) is 0 Å². The molecule has 2 aromatic rings. The average Bonchev–Trinajstić information content (AvgIpc) is 2.68. The smallest absolute Gasteiger partial charge is 0.348 e. The van der Waals surface area contributed by atoms with Crippen LogP contribution >= 0.6 is 11.3 Å². The summed E-state index contributed by atoms with van der Waals surface area (Å²) in [7, 11) is 0. The SMILES string of the molecule is Cc1sc(C(=O)OCc2cccnc2)cc1N. The predicted octanol–water partition coefficient (Wildman–Crippen LogP) is 2.39. The zero-order valence-electron chi connectivity index (χ0n) is 9.34. The summed E-state index contributed by atoms with van der Waals surface area (Å²) in [5.41, 5.74) is 7.17. The van der Waals surface area contributed by atoms with Gasteiger partial charge in [-0.05, 0) is 19.1 Å². The minimum atomic E-state index is -0.348. The maximum Gasteiger partial charge on any atom is 0.348 e. The third kappa shape index (κ3) is 2.82. The number of pyridine rings is 1. The first-order valence-electron chi connectivity index (χ1n) is 5.09. The number of anilines is 1. The van der Waals surface area contributed by atoms with Gasteiger partial charge in [0.2, 0.25) is 0 Å². The van der Waals surface area contributed by atoms with Crippen LogP contribution in [0.3, 0.4) is 0 Å². The summed E-state index contributed by atoms with van der Waals surface area (Å²) in [6, 6.07) is 5.30. The molecule has 0 aromatic carbocycles. The molecular weight excluding hydrogens is 236 g/mol. The number of hydrogen-bond acceptors (Lipinski definition) is 5. The Morgan fingerprint density at radius 1 is 1.59 bits per heavy atom. The number of nitrogen functional groups attached to an aromatic ring is 1. The highest BCUT2D eigenvalue weighted by molar-refractivity contribution is 7.14. The molecule has 0 aliphatic rings. The molecule has 0 amide bonds. The van der Waals surface area contributed by atoms with Crippen molar-refractivity contribution in [3.8, 4) is 0 Å². The summed E-state index contributed by atoms with van der Waals surface area (Å²) in [6.07, 6.45) is 3.34. The van der Waals surface area contributed by atoms with Crippen LogP contribution in [0.4, 0.5) is 5.69 Å². The van der Waals surface area contributed by atoms with E-state index in [-0.39, 0.29) is 12.6 Å². The zero-order valence-corrected chi connectivity index (χ0v) is 10.2. The van der Waals surface area contributed by atoms with Crippen molar-refractivity contribution in [3.63, 3.8) is 0 Å². The van der Waals surface area contributed by atoms with Crippen molar-refractivity contribution in [2.75, 3.05) is 5.73 Å². The minimum absolute atomic E-state index is 0.226. The third-order valence-corrected chi connectivity index (χ3v) is 3.30. The fraction of sp³-hybridized carbons (Fsp3) is 0.167. The second-order valence-corrected chi connectivity index (χ2v) is 4.82. The summed E-state index contributed by atoms with van der Waals surface area (Å²) in [5, 5.41) is 0. The zero-order chi connectivity index (χ0) is 12.3. The lowest BCUT2D eigenvalue weighted by Gasteiger charge is -2.02. The van der Waals surface area contributed by atoms with Crippen molar-refractivity contribution in [2.24, 2.45) is 0 Å². The lowest BCUT2D eigenvalue weighted by atomic mass is 10.3. The molecule has 0 spiro atoms. The molecule has 17 heavy (non-hydrogen) atoms. The first kappa shape index (κ1) is 11.6. The normalized spacial score (nSPS) is 10.2. The molecule has 0 saturated carbocycles. The summed E-state index contributed by atoms with van der Waals surface area (Å²) in [5.74, 6) is -0.348. The van der Waals surface area contributed by atoms with Gasteiger partial charge >= 0.3 is 5.97 Å². The van der Waals surface area contributed by atoms with Gasteiger partial charge in [-0.2, -0.15) is 0 Å². The largest absolute Gasteiger partial charge is 0.457 e. The van der Waals surface area contributed by atoms with Crippen LogP contribution in [0.25, 0.3) is 0 Å². The number of carbonyl (C=O) groups is 1. The number of nitrogens with two attached hydrogens (primary N) is 1. The first-order valence-corrected chi connectivity index (χ1v) is 5.90. The molecule has 5 heteroatoms. The minimum Gasteiger partial charge on any atom is -0.457 e. The van der Waals surface area contributed by atoms with Crippen molar-refractivity contribution in [1.29, 1.82) is 0 Å². The number of ether oxygens (including phenoxy) is 1. The molecule has 2 N–H and O–H groups in total. The number of aryl methyl sites for hydroxylation is 1. The highest BCUT2D eigenvalue weighted by Crippen LogP contribution is 2.24. The van der Waals surface area contributed by atoms with E-state index in [1.807, 2.05) is 13.0 Å². The van der Waals surface area contributed by atoms with E-state index in [0.29, 0.717) is 10.6 Å². The van der Waals surface area contributed by atoms with Gasteiger partial charge in [-0.1, -0.05) is 6.07 Å². The summed E-state index contributed by atoms with van der Waals surface area (Å²) < 4.78 is 5.16. The van der Waals surface area contributed by atoms with E-state index in [2.05, 4.69) is 4.98 Å². The Morgan fingerprint density at radius 2 is 2.41 bits per heavy atom. The van der Waals surface area contributed by atoms with Crippen LogP contribution in [0.1, 0.15) is 20.1 Å². The Kier molecular flexibility index (Phi) is 3.39. The molecule has 2 heterocycles. The summed E-state index contributed by atoms with van der Waals surface area (Å²) in [6.45, 7) is 2.10. The Morgan fingerprint density at radius 3 is 3.00 bits per heavy atom. The van der Waals surface area contributed by atoms with E-state index in [4.69, 9.17) is 10.5 Å². The average molecular weight is 248 g/mol. The second-order valence-electron chi connectivity index (χ2n) is 3.56. The van der Waals surface area contributed by atoms with Crippen LogP contribution in [0.5, 0.6) is 0 Å². The molecule has 0 radical (unpaired) electrons. The van der Waals surface area contributed by atoms with E-state index in [0.717, 1.165) is 10.4 Å². The Hall–Kier alpha value is -1.88. The lowest BCUT2D eigenvalue weighted by molar-refractivity contribution is 0.0478. The van der Waals surface area contributed by atoms with Gasteiger partial charge < -0.3 is 10.5 Å². The third-order valence-electron chi connectivity index (χ3n) is 2.25. The summed E-state index contributed by atoms with van der Waals surface area (Å²) in [4.78, 5) is 17.1. The van der Waals surface area contributed by atoms with Gasteiger partial charge in [0.05, 0.1) is 0 Å². The van der Waals surface area contributed by atoms with Gasteiger partial charge in [0, 0.05) is 28.5 Å². The number of aromatic nitrogens is 1. The number of esters is 1. The molecule has 0 aliphatic carbocycles. The number of thiophene rings is 1. The van der Waals surface area contributed by atoms with E-state index in [1.54, 1.807) is 24.5 Å². The number of hydrogen-bond donors (Lipinski definition) is 1. The van der Waals surface area contributed by atoms with Gasteiger partial charge in [-0.3, -0.25) is 4.98 Å². The highest BCUT2D eigenvalue weighted by atomic mass is 32.1. The molecule has 0 aliphatic heterocycles. The molecule has 0 unspecified atom stereocenters. The van der Waals surface area contributed by atoms with E-state index in [1.165, 1.54) is 11.3 Å². The van der Waals surface area contributed by atoms with Crippen molar-refractivity contribution in [1.82, 2.24) is 4.98 Å². The maximum absolute atomic E-state index is 11.7. The number of nitrogens with zero attached hydrogens (tertiary/aromatic N) is 1. The maximum atomic E-state index is 11.7. The monoisotopic (exact) mass is 248 g/mol. The quantitative estimate of drug-likeness (QED) is 0.847. The van der Waals surface area contributed by atoms with E-state index in [9.17, 15) is 4.79 Å². The molecule has 88 valence electrons. The highest BCUT2D eigenvalue weighted by Gasteiger charge is 2.12. The van der Waals surface area contributed by atoms with E-state index >= 15 is 0 Å². The standard InChI is InChI=1S/C12H12N2O2S/c1-8-10(13)5-11(17-8)12(15)16-7-9-3-2-4-14-6-9/h2-6H,7,13H2,1H3. The van der Waals surface area contributed by atoms with Gasteiger partial charge in [0.25, 0.3) is 0 Å². The van der Waals surface area contributed by atoms with Crippen molar-refractivity contribution >= 4 is 23.0 Å². The Labute approximate surface area is 103 Å². The van der Waals surface area contributed by atoms with Gasteiger partial charge in [0.1, 0.15) is 11.5 Å². The van der Waals surface area contributed by atoms with Crippen LogP contribution in [-0.4, -0.2) is 11.0 Å². The fourth-order valence-electron chi connectivity index (χ4n) is 1.30. The first-order chi connectivity index (χ1) is 8.16. The Balaban J connectivity index is 1.98. The molecule has 0 atom stereocenters. The van der Waals surface area contributed by atoms with Crippen LogP contribution in [0.15, 0.2) is 30.6 Å². The molecular formula is C12H12N2O2S. The molecule has 4 nitrogen and oxygen atoms in total.